The van der Waals surface area contributed by atoms with Gasteiger partial charge in [-0.25, -0.2) is 4.39 Å². The van der Waals surface area contributed by atoms with E-state index in [-0.39, 0.29) is 17.8 Å². The Morgan fingerprint density at radius 2 is 1.94 bits per heavy atom. The van der Waals surface area contributed by atoms with Crippen molar-refractivity contribution in [1.82, 2.24) is 20.1 Å². The second-order valence-corrected chi connectivity index (χ2v) is 8.26. The van der Waals surface area contributed by atoms with Crippen LogP contribution in [0.2, 0.25) is 0 Å². The van der Waals surface area contributed by atoms with E-state index < -0.39 is 5.25 Å². The van der Waals surface area contributed by atoms with Gasteiger partial charge < -0.3 is 10.1 Å². The second kappa shape index (κ2) is 10.3. The standard InChI is InChI=1S/C23H25FN4O2S/c1-5-14-28-21(19-8-6-7-9-20(19)30-4)26-27-23(28)31-16(3)22(29)25-15(2)17-10-12-18(24)13-11-17/h5-13,15-16H,1,14H2,2-4H3,(H,25,29)/t15-,16-/m0/s1. The Balaban J connectivity index is 1.77. The Labute approximate surface area is 185 Å². The molecule has 0 aliphatic carbocycles. The highest BCUT2D eigenvalue weighted by molar-refractivity contribution is 8.00. The number of methoxy groups -OCH3 is 1. The van der Waals surface area contributed by atoms with Crippen LogP contribution in [0.4, 0.5) is 4.39 Å². The fourth-order valence-corrected chi connectivity index (χ4v) is 3.94. The molecule has 1 heterocycles. The van der Waals surface area contributed by atoms with E-state index in [2.05, 4.69) is 22.1 Å². The summed E-state index contributed by atoms with van der Waals surface area (Å²) in [5, 5.41) is 11.8. The summed E-state index contributed by atoms with van der Waals surface area (Å²) in [6.45, 7) is 7.99. The Bertz CT molecular complexity index is 1050. The van der Waals surface area contributed by atoms with E-state index >= 15 is 0 Å². The van der Waals surface area contributed by atoms with Crippen molar-refractivity contribution in [3.8, 4) is 17.1 Å². The quantitative estimate of drug-likeness (QED) is 0.388. The van der Waals surface area contributed by atoms with Gasteiger partial charge in [-0.3, -0.25) is 9.36 Å². The van der Waals surface area contributed by atoms with Crippen molar-refractivity contribution < 1.29 is 13.9 Å². The number of carbonyl (C=O) groups excluding carboxylic acids is 1. The van der Waals surface area contributed by atoms with Gasteiger partial charge in [-0.15, -0.1) is 16.8 Å². The zero-order valence-electron chi connectivity index (χ0n) is 17.7. The average Bonchev–Trinajstić information content (AvgIpc) is 3.16. The number of thioether (sulfide) groups is 1. The molecule has 0 bridgehead atoms. The number of allylic oxidation sites excluding steroid dienone is 1. The van der Waals surface area contributed by atoms with E-state index in [1.54, 1.807) is 25.3 Å². The number of hydrogen-bond acceptors (Lipinski definition) is 5. The minimum atomic E-state index is -0.416. The molecule has 3 aromatic rings. The molecule has 3 rings (SSSR count). The first-order valence-corrected chi connectivity index (χ1v) is 10.7. The molecule has 8 heteroatoms. The molecule has 31 heavy (non-hydrogen) atoms. The number of rotatable bonds is 9. The molecule has 0 radical (unpaired) electrons. The first-order valence-electron chi connectivity index (χ1n) is 9.84. The molecule has 1 amide bonds. The van der Waals surface area contributed by atoms with Gasteiger partial charge in [-0.2, -0.15) is 0 Å². The lowest BCUT2D eigenvalue weighted by Gasteiger charge is -2.18. The number of benzene rings is 2. The summed E-state index contributed by atoms with van der Waals surface area (Å²) in [6, 6.07) is 13.4. The van der Waals surface area contributed by atoms with Crippen LogP contribution < -0.4 is 10.1 Å². The molecule has 0 saturated carbocycles. The van der Waals surface area contributed by atoms with Gasteiger partial charge in [0.2, 0.25) is 5.91 Å². The number of hydrogen-bond donors (Lipinski definition) is 1. The average molecular weight is 441 g/mol. The number of aromatic nitrogens is 3. The van der Waals surface area contributed by atoms with Crippen LogP contribution >= 0.6 is 11.8 Å². The van der Waals surface area contributed by atoms with E-state index in [0.29, 0.717) is 23.3 Å². The SMILES string of the molecule is C=CCn1c(S[C@@H](C)C(=O)N[C@@H](C)c2ccc(F)cc2)nnc1-c1ccccc1OC. The van der Waals surface area contributed by atoms with Gasteiger partial charge in [0.05, 0.1) is 24.0 Å². The highest BCUT2D eigenvalue weighted by atomic mass is 32.2. The van der Waals surface area contributed by atoms with Gasteiger partial charge in [0.1, 0.15) is 11.6 Å². The minimum Gasteiger partial charge on any atom is -0.496 e. The van der Waals surface area contributed by atoms with Gasteiger partial charge >= 0.3 is 0 Å². The van der Waals surface area contributed by atoms with Crippen LogP contribution in [0.15, 0.2) is 66.3 Å². The molecular weight excluding hydrogens is 415 g/mol. The Kier molecular flexibility index (Phi) is 7.46. The maximum absolute atomic E-state index is 13.1. The molecule has 2 atom stereocenters. The van der Waals surface area contributed by atoms with Gasteiger partial charge in [-0.05, 0) is 43.7 Å². The summed E-state index contributed by atoms with van der Waals surface area (Å²) in [4.78, 5) is 12.7. The smallest absolute Gasteiger partial charge is 0.233 e. The highest BCUT2D eigenvalue weighted by Crippen LogP contribution is 2.32. The summed E-state index contributed by atoms with van der Waals surface area (Å²) >= 11 is 1.32. The van der Waals surface area contributed by atoms with Crippen molar-refractivity contribution in [2.24, 2.45) is 0 Å². The summed E-state index contributed by atoms with van der Waals surface area (Å²) in [5.41, 5.74) is 1.65. The van der Waals surface area contributed by atoms with Crippen LogP contribution in [0.3, 0.4) is 0 Å². The molecule has 0 aliphatic rings. The van der Waals surface area contributed by atoms with E-state index in [1.165, 1.54) is 23.9 Å². The monoisotopic (exact) mass is 440 g/mol. The number of amides is 1. The van der Waals surface area contributed by atoms with Crippen LogP contribution in [0.5, 0.6) is 5.75 Å². The van der Waals surface area contributed by atoms with Gasteiger partial charge in [0, 0.05) is 6.54 Å². The molecule has 2 aromatic carbocycles. The molecule has 0 saturated heterocycles. The van der Waals surface area contributed by atoms with Crippen molar-refractivity contribution in [2.75, 3.05) is 7.11 Å². The third-order valence-electron chi connectivity index (χ3n) is 4.76. The molecule has 162 valence electrons. The summed E-state index contributed by atoms with van der Waals surface area (Å²) < 4.78 is 20.5. The number of halogens is 1. The summed E-state index contributed by atoms with van der Waals surface area (Å²) in [6.07, 6.45) is 1.76. The van der Waals surface area contributed by atoms with E-state index in [9.17, 15) is 9.18 Å². The van der Waals surface area contributed by atoms with E-state index in [4.69, 9.17) is 4.74 Å². The minimum absolute atomic E-state index is 0.145. The van der Waals surface area contributed by atoms with Crippen molar-refractivity contribution in [1.29, 1.82) is 0 Å². The number of carbonyl (C=O) groups is 1. The molecule has 0 fully saturated rings. The van der Waals surface area contributed by atoms with Crippen molar-refractivity contribution in [3.05, 3.63) is 72.6 Å². The normalized spacial score (nSPS) is 12.8. The lowest BCUT2D eigenvalue weighted by atomic mass is 10.1. The van der Waals surface area contributed by atoms with Crippen LogP contribution in [-0.4, -0.2) is 33.0 Å². The van der Waals surface area contributed by atoms with Crippen molar-refractivity contribution in [3.63, 3.8) is 0 Å². The first kappa shape index (κ1) is 22.6. The Hall–Kier alpha value is -3.13. The van der Waals surface area contributed by atoms with Crippen LogP contribution in [0.1, 0.15) is 25.5 Å². The summed E-state index contributed by atoms with van der Waals surface area (Å²) in [5.74, 6) is 0.884. The van der Waals surface area contributed by atoms with E-state index in [0.717, 1.165) is 11.1 Å². The van der Waals surface area contributed by atoms with Crippen molar-refractivity contribution in [2.45, 2.75) is 36.8 Å². The number of ether oxygens (including phenoxy) is 1. The van der Waals surface area contributed by atoms with Crippen LogP contribution in [-0.2, 0) is 11.3 Å². The van der Waals surface area contributed by atoms with Crippen LogP contribution in [0.25, 0.3) is 11.4 Å². The van der Waals surface area contributed by atoms with Gasteiger partial charge in [0.15, 0.2) is 11.0 Å². The van der Waals surface area contributed by atoms with Crippen molar-refractivity contribution >= 4 is 17.7 Å². The fourth-order valence-electron chi connectivity index (χ4n) is 3.08. The lowest BCUT2D eigenvalue weighted by Crippen LogP contribution is -2.33. The lowest BCUT2D eigenvalue weighted by molar-refractivity contribution is -0.120. The maximum Gasteiger partial charge on any atom is 0.233 e. The van der Waals surface area contributed by atoms with Crippen LogP contribution in [0, 0.1) is 5.82 Å². The topological polar surface area (TPSA) is 69.0 Å². The predicted octanol–water partition coefficient (Wildman–Crippen LogP) is 4.64. The third kappa shape index (κ3) is 5.32. The van der Waals surface area contributed by atoms with Gasteiger partial charge in [-0.1, -0.05) is 42.1 Å². The maximum atomic E-state index is 13.1. The molecule has 1 N–H and O–H groups in total. The number of nitrogens with zero attached hydrogens (tertiary/aromatic N) is 3. The Morgan fingerprint density at radius 3 is 2.61 bits per heavy atom. The molecule has 0 spiro atoms. The molecule has 1 aromatic heterocycles. The summed E-state index contributed by atoms with van der Waals surface area (Å²) in [7, 11) is 1.61. The Morgan fingerprint density at radius 1 is 1.23 bits per heavy atom. The second-order valence-electron chi connectivity index (χ2n) is 6.95. The highest BCUT2D eigenvalue weighted by Gasteiger charge is 2.23. The number of nitrogens with one attached hydrogen (secondary N) is 1. The zero-order valence-corrected chi connectivity index (χ0v) is 18.5. The zero-order chi connectivity index (χ0) is 22.4. The van der Waals surface area contributed by atoms with E-state index in [1.807, 2.05) is 42.7 Å². The third-order valence-corrected chi connectivity index (χ3v) is 5.84. The molecule has 6 nitrogen and oxygen atoms in total. The van der Waals surface area contributed by atoms with Gasteiger partial charge in [0.25, 0.3) is 0 Å². The fraction of sp³-hybridized carbons (Fsp3) is 0.261. The molecule has 0 aliphatic heterocycles. The molecule has 0 unspecified atom stereocenters. The largest absolute Gasteiger partial charge is 0.496 e. The first-order chi connectivity index (χ1) is 14.9. The predicted molar refractivity (Wildman–Crippen MR) is 120 cm³/mol. The number of para-hydroxylation sites is 1. The molecular formula is C23H25FN4O2S.